The van der Waals surface area contributed by atoms with Crippen molar-refractivity contribution in [2.45, 2.75) is 25.4 Å². The largest absolute Gasteiger partial charge is 0.485 e. The van der Waals surface area contributed by atoms with Gasteiger partial charge >= 0.3 is 0 Å². The highest BCUT2D eigenvalue weighted by atomic mass is 16.5. The van der Waals surface area contributed by atoms with Gasteiger partial charge in [0.05, 0.1) is 5.92 Å². The van der Waals surface area contributed by atoms with Crippen LogP contribution in [0, 0.1) is 5.92 Å². The van der Waals surface area contributed by atoms with Crippen LogP contribution in [0.3, 0.4) is 0 Å². The van der Waals surface area contributed by atoms with Gasteiger partial charge in [-0.3, -0.25) is 4.79 Å². The molecule has 1 saturated carbocycles. The molecule has 0 bridgehead atoms. The highest BCUT2D eigenvalue weighted by Gasteiger charge is 2.33. The van der Waals surface area contributed by atoms with Gasteiger partial charge in [-0.2, -0.15) is 0 Å². The Hall–Kier alpha value is -1.57. The molecule has 1 heterocycles. The van der Waals surface area contributed by atoms with Gasteiger partial charge in [-0.05, 0) is 25.0 Å². The van der Waals surface area contributed by atoms with E-state index in [1.807, 2.05) is 30.3 Å². The van der Waals surface area contributed by atoms with Crippen molar-refractivity contribution < 1.29 is 9.53 Å². The lowest BCUT2D eigenvalue weighted by molar-refractivity contribution is -0.122. The molecule has 2 aliphatic rings. The first-order valence-electron chi connectivity index (χ1n) is 5.81. The number of rotatable bonds is 1. The van der Waals surface area contributed by atoms with Gasteiger partial charge in [-0.1, -0.05) is 24.3 Å². The third kappa shape index (κ3) is 1.54. The van der Waals surface area contributed by atoms with Gasteiger partial charge in [0.1, 0.15) is 17.6 Å². The minimum absolute atomic E-state index is 0.0510. The molecular formula is C14H14O2. The van der Waals surface area contributed by atoms with Crippen LogP contribution < -0.4 is 4.74 Å². The molecule has 16 heavy (non-hydrogen) atoms. The predicted molar refractivity (Wildman–Crippen MR) is 62.2 cm³/mol. The molecule has 2 unspecified atom stereocenters. The second-order valence-electron chi connectivity index (χ2n) is 4.44. The number of fused-ring (bicyclic) bond motifs is 1. The van der Waals surface area contributed by atoms with Crippen LogP contribution in [0.4, 0.5) is 0 Å². The van der Waals surface area contributed by atoms with Crippen molar-refractivity contribution in [1.82, 2.24) is 0 Å². The molecule has 1 aromatic rings. The molecular weight excluding hydrogens is 200 g/mol. The normalized spacial score (nSPS) is 27.6. The van der Waals surface area contributed by atoms with E-state index in [2.05, 4.69) is 6.08 Å². The molecule has 82 valence electrons. The SMILES string of the molecule is O=C1CCCC1C1C=Cc2ccccc2O1. The van der Waals surface area contributed by atoms with Crippen molar-refractivity contribution in [2.24, 2.45) is 5.92 Å². The van der Waals surface area contributed by atoms with Gasteiger partial charge in [-0.15, -0.1) is 0 Å². The van der Waals surface area contributed by atoms with E-state index in [0.717, 1.165) is 30.6 Å². The fourth-order valence-electron chi connectivity index (χ4n) is 2.52. The lowest BCUT2D eigenvalue weighted by Crippen LogP contribution is -2.29. The molecule has 1 fully saturated rings. The van der Waals surface area contributed by atoms with Crippen LogP contribution in [0.25, 0.3) is 6.08 Å². The van der Waals surface area contributed by atoms with Crippen LogP contribution in [0.5, 0.6) is 5.75 Å². The summed E-state index contributed by atoms with van der Waals surface area (Å²) in [5.41, 5.74) is 1.10. The number of hydrogen-bond donors (Lipinski definition) is 0. The molecule has 2 nitrogen and oxygen atoms in total. The first-order valence-corrected chi connectivity index (χ1v) is 5.81. The molecule has 1 aliphatic carbocycles. The topological polar surface area (TPSA) is 26.3 Å². The molecule has 0 radical (unpaired) electrons. The van der Waals surface area contributed by atoms with Gasteiger partial charge in [0.15, 0.2) is 0 Å². The number of ether oxygens (including phenoxy) is 1. The molecule has 0 spiro atoms. The van der Waals surface area contributed by atoms with E-state index < -0.39 is 0 Å². The Labute approximate surface area is 94.9 Å². The van der Waals surface area contributed by atoms with E-state index in [-0.39, 0.29) is 12.0 Å². The van der Waals surface area contributed by atoms with Gasteiger partial charge in [0.25, 0.3) is 0 Å². The third-order valence-corrected chi connectivity index (χ3v) is 3.40. The van der Waals surface area contributed by atoms with Crippen molar-refractivity contribution in [1.29, 1.82) is 0 Å². The van der Waals surface area contributed by atoms with Crippen molar-refractivity contribution in [3.05, 3.63) is 35.9 Å². The Morgan fingerprint density at radius 2 is 2.12 bits per heavy atom. The summed E-state index contributed by atoms with van der Waals surface area (Å²) in [7, 11) is 0. The molecule has 0 aromatic heterocycles. The number of hydrogen-bond acceptors (Lipinski definition) is 2. The van der Waals surface area contributed by atoms with Crippen LogP contribution >= 0.6 is 0 Å². The van der Waals surface area contributed by atoms with Crippen molar-refractivity contribution in [2.75, 3.05) is 0 Å². The summed E-state index contributed by atoms with van der Waals surface area (Å²) in [5.74, 6) is 1.33. The highest BCUT2D eigenvalue weighted by Crippen LogP contribution is 2.33. The van der Waals surface area contributed by atoms with E-state index in [4.69, 9.17) is 4.74 Å². The third-order valence-electron chi connectivity index (χ3n) is 3.40. The maximum Gasteiger partial charge on any atom is 0.140 e. The van der Waals surface area contributed by atoms with Crippen LogP contribution in [0.1, 0.15) is 24.8 Å². The summed E-state index contributed by atoms with van der Waals surface area (Å²) < 4.78 is 5.88. The smallest absolute Gasteiger partial charge is 0.140 e. The Morgan fingerprint density at radius 3 is 2.94 bits per heavy atom. The summed E-state index contributed by atoms with van der Waals surface area (Å²) in [6.07, 6.45) is 6.74. The van der Waals surface area contributed by atoms with E-state index in [0.29, 0.717) is 5.78 Å². The minimum Gasteiger partial charge on any atom is -0.485 e. The second kappa shape index (κ2) is 3.78. The van der Waals surface area contributed by atoms with Gasteiger partial charge in [-0.25, -0.2) is 0 Å². The van der Waals surface area contributed by atoms with Crippen molar-refractivity contribution in [3.63, 3.8) is 0 Å². The molecule has 3 rings (SSSR count). The number of carbonyl (C=O) groups is 1. The Balaban J connectivity index is 1.85. The Morgan fingerprint density at radius 1 is 1.25 bits per heavy atom. The molecule has 2 heteroatoms. The quantitative estimate of drug-likeness (QED) is 0.718. The average Bonchev–Trinajstić information content (AvgIpc) is 2.75. The lowest BCUT2D eigenvalue weighted by Gasteiger charge is -2.25. The summed E-state index contributed by atoms with van der Waals surface area (Å²) in [5, 5.41) is 0. The fraction of sp³-hybridized carbons (Fsp3) is 0.357. The summed E-state index contributed by atoms with van der Waals surface area (Å²) in [6.45, 7) is 0. The number of para-hydroxylation sites is 1. The monoisotopic (exact) mass is 214 g/mol. The van der Waals surface area contributed by atoms with Gasteiger partial charge in [0.2, 0.25) is 0 Å². The maximum absolute atomic E-state index is 11.7. The maximum atomic E-state index is 11.7. The van der Waals surface area contributed by atoms with Crippen LogP contribution in [-0.2, 0) is 4.79 Å². The van der Waals surface area contributed by atoms with E-state index in [9.17, 15) is 4.79 Å². The minimum atomic E-state index is -0.0510. The number of ketones is 1. The highest BCUT2D eigenvalue weighted by molar-refractivity contribution is 5.84. The molecule has 1 aliphatic heterocycles. The molecule has 2 atom stereocenters. The predicted octanol–water partition coefficient (Wildman–Crippen LogP) is 2.83. The number of carbonyl (C=O) groups excluding carboxylic acids is 1. The summed E-state index contributed by atoms with van der Waals surface area (Å²) in [4.78, 5) is 11.7. The van der Waals surface area contributed by atoms with Crippen LogP contribution in [0.15, 0.2) is 30.3 Å². The molecule has 0 saturated heterocycles. The van der Waals surface area contributed by atoms with Gasteiger partial charge < -0.3 is 4.74 Å². The molecule has 0 N–H and O–H groups in total. The zero-order valence-corrected chi connectivity index (χ0v) is 9.06. The zero-order valence-electron chi connectivity index (χ0n) is 9.06. The Bertz CT molecular complexity index is 448. The number of benzene rings is 1. The fourth-order valence-corrected chi connectivity index (χ4v) is 2.52. The first-order chi connectivity index (χ1) is 7.84. The summed E-state index contributed by atoms with van der Waals surface area (Å²) >= 11 is 0. The standard InChI is InChI=1S/C14H14O2/c15-12-6-3-5-11(12)14-9-8-10-4-1-2-7-13(10)16-14/h1-2,4,7-9,11,14H,3,5-6H2. The first kappa shape index (κ1) is 9.64. The van der Waals surface area contributed by atoms with Gasteiger partial charge in [0, 0.05) is 12.0 Å². The number of Topliss-reactive ketones (excluding diaryl/α,β-unsaturated/α-hetero) is 1. The van der Waals surface area contributed by atoms with E-state index >= 15 is 0 Å². The van der Waals surface area contributed by atoms with Crippen molar-refractivity contribution >= 4 is 11.9 Å². The zero-order chi connectivity index (χ0) is 11.0. The lowest BCUT2D eigenvalue weighted by atomic mass is 9.96. The summed E-state index contributed by atoms with van der Waals surface area (Å²) in [6, 6.07) is 7.95. The van der Waals surface area contributed by atoms with Crippen molar-refractivity contribution in [3.8, 4) is 5.75 Å². The average molecular weight is 214 g/mol. The van der Waals surface area contributed by atoms with Crippen LogP contribution in [-0.4, -0.2) is 11.9 Å². The Kier molecular flexibility index (Phi) is 2.28. The second-order valence-corrected chi connectivity index (χ2v) is 4.44. The molecule has 0 amide bonds. The van der Waals surface area contributed by atoms with Crippen LogP contribution in [0.2, 0.25) is 0 Å². The van der Waals surface area contributed by atoms with E-state index in [1.165, 1.54) is 0 Å². The van der Waals surface area contributed by atoms with E-state index in [1.54, 1.807) is 0 Å². The molecule has 1 aromatic carbocycles.